The number of oxime groups is 1. The molecule has 0 amide bonds. The van der Waals surface area contributed by atoms with E-state index in [1.165, 1.54) is 25.7 Å². The molecule has 0 radical (unpaired) electrons. The highest BCUT2D eigenvalue weighted by Crippen LogP contribution is 2.27. The van der Waals surface area contributed by atoms with Gasteiger partial charge in [-0.05, 0) is 25.2 Å². The molecule has 3 N–H and O–H groups in total. The molecule has 0 aromatic carbocycles. The Balaban J connectivity index is 2.31. The molecule has 0 saturated heterocycles. The van der Waals surface area contributed by atoms with Crippen LogP contribution in [0.15, 0.2) is 5.16 Å². The van der Waals surface area contributed by atoms with Crippen LogP contribution in [-0.4, -0.2) is 23.8 Å². The molecule has 0 aromatic rings. The molecule has 0 bridgehead atoms. The fraction of sp³-hybridized carbons (Fsp3) is 0.923. The van der Waals surface area contributed by atoms with Gasteiger partial charge in [0.15, 0.2) is 0 Å². The third-order valence-electron chi connectivity index (χ3n) is 3.89. The number of hydrogen-bond donors (Lipinski definition) is 2. The standard InChI is InChI=1S/C13H26N2O2/c1-10-6-4-5-7-11(10)17-9-8-13(2,3)12(14)15-16/h10-11,16H,4-9H2,1-3H3,(H2,14,15). The van der Waals surface area contributed by atoms with E-state index >= 15 is 0 Å². The van der Waals surface area contributed by atoms with Crippen molar-refractivity contribution in [3.63, 3.8) is 0 Å². The summed E-state index contributed by atoms with van der Waals surface area (Å²) >= 11 is 0. The quantitative estimate of drug-likeness (QED) is 0.337. The van der Waals surface area contributed by atoms with E-state index in [4.69, 9.17) is 15.7 Å². The summed E-state index contributed by atoms with van der Waals surface area (Å²) in [6.07, 6.45) is 6.23. The summed E-state index contributed by atoms with van der Waals surface area (Å²) in [5, 5.41) is 11.8. The molecule has 2 atom stereocenters. The summed E-state index contributed by atoms with van der Waals surface area (Å²) < 4.78 is 5.93. The molecule has 1 aliphatic carbocycles. The number of hydrogen-bond acceptors (Lipinski definition) is 3. The normalized spacial score (nSPS) is 27.1. The Morgan fingerprint density at radius 1 is 1.41 bits per heavy atom. The van der Waals surface area contributed by atoms with Gasteiger partial charge in [0.1, 0.15) is 5.84 Å². The van der Waals surface area contributed by atoms with Gasteiger partial charge in [-0.1, -0.05) is 38.8 Å². The van der Waals surface area contributed by atoms with Crippen molar-refractivity contribution in [3.8, 4) is 0 Å². The minimum Gasteiger partial charge on any atom is -0.409 e. The lowest BCUT2D eigenvalue weighted by molar-refractivity contribution is -0.0119. The van der Waals surface area contributed by atoms with Crippen molar-refractivity contribution in [3.05, 3.63) is 0 Å². The fourth-order valence-electron chi connectivity index (χ4n) is 2.26. The van der Waals surface area contributed by atoms with Crippen molar-refractivity contribution in [2.75, 3.05) is 6.61 Å². The van der Waals surface area contributed by atoms with Crippen LogP contribution in [0.4, 0.5) is 0 Å². The van der Waals surface area contributed by atoms with E-state index in [0.717, 1.165) is 6.42 Å². The summed E-state index contributed by atoms with van der Waals surface area (Å²) in [4.78, 5) is 0. The predicted octanol–water partition coefficient (Wildman–Crippen LogP) is 2.74. The maximum Gasteiger partial charge on any atom is 0.144 e. The summed E-state index contributed by atoms with van der Waals surface area (Å²) in [5.74, 6) is 0.938. The fourth-order valence-corrected chi connectivity index (χ4v) is 2.26. The van der Waals surface area contributed by atoms with Crippen LogP contribution in [0.5, 0.6) is 0 Å². The molecule has 0 heterocycles. The van der Waals surface area contributed by atoms with E-state index in [1.54, 1.807) is 0 Å². The van der Waals surface area contributed by atoms with Gasteiger partial charge in [0.2, 0.25) is 0 Å². The number of amidine groups is 1. The topological polar surface area (TPSA) is 67.8 Å². The van der Waals surface area contributed by atoms with Crippen LogP contribution in [0, 0.1) is 11.3 Å². The first kappa shape index (κ1) is 14.3. The molecule has 1 aliphatic rings. The van der Waals surface area contributed by atoms with Gasteiger partial charge in [-0.15, -0.1) is 0 Å². The SMILES string of the molecule is CC1CCCCC1OCCC(C)(C)C(N)=NO. The number of ether oxygens (including phenoxy) is 1. The van der Waals surface area contributed by atoms with Crippen molar-refractivity contribution >= 4 is 5.84 Å². The van der Waals surface area contributed by atoms with Crippen molar-refractivity contribution in [2.24, 2.45) is 22.2 Å². The molecular formula is C13H26N2O2. The van der Waals surface area contributed by atoms with Crippen LogP contribution in [0.25, 0.3) is 0 Å². The van der Waals surface area contributed by atoms with Crippen LogP contribution in [0.1, 0.15) is 52.9 Å². The Morgan fingerprint density at radius 2 is 2.06 bits per heavy atom. The highest BCUT2D eigenvalue weighted by atomic mass is 16.5. The third kappa shape index (κ3) is 4.19. The van der Waals surface area contributed by atoms with Gasteiger partial charge >= 0.3 is 0 Å². The van der Waals surface area contributed by atoms with E-state index < -0.39 is 0 Å². The Kier molecular flexibility index (Phi) is 5.25. The zero-order chi connectivity index (χ0) is 12.9. The molecule has 0 aromatic heterocycles. The van der Waals surface area contributed by atoms with Crippen LogP contribution >= 0.6 is 0 Å². The van der Waals surface area contributed by atoms with E-state index in [9.17, 15) is 0 Å². The maximum absolute atomic E-state index is 8.68. The third-order valence-corrected chi connectivity index (χ3v) is 3.89. The Labute approximate surface area is 104 Å². The summed E-state index contributed by atoms with van der Waals surface area (Å²) in [7, 11) is 0. The second-order valence-corrected chi connectivity index (χ2v) is 5.79. The van der Waals surface area contributed by atoms with E-state index in [1.807, 2.05) is 13.8 Å². The molecule has 2 unspecified atom stereocenters. The molecule has 100 valence electrons. The molecule has 1 fully saturated rings. The van der Waals surface area contributed by atoms with Crippen molar-refractivity contribution in [1.82, 2.24) is 0 Å². The van der Waals surface area contributed by atoms with Gasteiger partial charge in [-0.2, -0.15) is 0 Å². The molecule has 0 aliphatic heterocycles. The highest BCUT2D eigenvalue weighted by Gasteiger charge is 2.26. The second-order valence-electron chi connectivity index (χ2n) is 5.79. The number of rotatable bonds is 5. The van der Waals surface area contributed by atoms with Gasteiger partial charge in [0.05, 0.1) is 6.10 Å². The average molecular weight is 242 g/mol. The van der Waals surface area contributed by atoms with E-state index in [0.29, 0.717) is 18.6 Å². The van der Waals surface area contributed by atoms with Gasteiger partial charge in [-0.3, -0.25) is 0 Å². The van der Waals surface area contributed by atoms with Gasteiger partial charge in [-0.25, -0.2) is 0 Å². The van der Waals surface area contributed by atoms with Gasteiger partial charge in [0, 0.05) is 12.0 Å². The summed E-state index contributed by atoms with van der Waals surface area (Å²) in [5.41, 5.74) is 5.34. The smallest absolute Gasteiger partial charge is 0.144 e. The average Bonchev–Trinajstić information content (AvgIpc) is 2.30. The van der Waals surface area contributed by atoms with Crippen LogP contribution in [0.2, 0.25) is 0 Å². The molecule has 1 rings (SSSR count). The van der Waals surface area contributed by atoms with E-state index in [-0.39, 0.29) is 11.3 Å². The van der Waals surface area contributed by atoms with Crippen molar-refractivity contribution in [2.45, 2.75) is 59.0 Å². The summed E-state index contributed by atoms with van der Waals surface area (Å²) in [6.45, 7) is 6.88. The first-order chi connectivity index (χ1) is 7.97. The monoisotopic (exact) mass is 242 g/mol. The molecule has 4 heteroatoms. The van der Waals surface area contributed by atoms with E-state index in [2.05, 4.69) is 12.1 Å². The largest absolute Gasteiger partial charge is 0.409 e. The van der Waals surface area contributed by atoms with Crippen molar-refractivity contribution < 1.29 is 9.94 Å². The Hall–Kier alpha value is -0.770. The maximum atomic E-state index is 8.68. The number of nitrogens with zero attached hydrogens (tertiary/aromatic N) is 1. The molecule has 17 heavy (non-hydrogen) atoms. The van der Waals surface area contributed by atoms with Crippen LogP contribution < -0.4 is 5.73 Å². The minimum atomic E-state index is -0.299. The first-order valence-electron chi connectivity index (χ1n) is 6.57. The summed E-state index contributed by atoms with van der Waals surface area (Å²) in [6, 6.07) is 0. The lowest BCUT2D eigenvalue weighted by atomic mass is 9.87. The highest BCUT2D eigenvalue weighted by molar-refractivity contribution is 5.85. The van der Waals surface area contributed by atoms with Gasteiger partial charge < -0.3 is 15.7 Å². The lowest BCUT2D eigenvalue weighted by Crippen LogP contribution is -2.34. The second kappa shape index (κ2) is 6.24. The Morgan fingerprint density at radius 3 is 2.65 bits per heavy atom. The van der Waals surface area contributed by atoms with Crippen molar-refractivity contribution in [1.29, 1.82) is 0 Å². The van der Waals surface area contributed by atoms with Crippen LogP contribution in [-0.2, 0) is 4.74 Å². The lowest BCUT2D eigenvalue weighted by Gasteiger charge is -2.30. The molecule has 4 nitrogen and oxygen atoms in total. The number of nitrogens with two attached hydrogens (primary N) is 1. The zero-order valence-electron chi connectivity index (χ0n) is 11.3. The Bertz CT molecular complexity index is 264. The molecule has 1 saturated carbocycles. The van der Waals surface area contributed by atoms with Gasteiger partial charge in [0.25, 0.3) is 0 Å². The molecule has 0 spiro atoms. The first-order valence-corrected chi connectivity index (χ1v) is 6.57. The molecular weight excluding hydrogens is 216 g/mol. The zero-order valence-corrected chi connectivity index (χ0v) is 11.3. The van der Waals surface area contributed by atoms with Crippen LogP contribution in [0.3, 0.4) is 0 Å². The minimum absolute atomic E-state index is 0.276. The predicted molar refractivity (Wildman–Crippen MR) is 69.2 cm³/mol.